The second-order valence-electron chi connectivity index (χ2n) is 6.50. The van der Waals surface area contributed by atoms with Gasteiger partial charge in [-0.3, -0.25) is 0 Å². The van der Waals surface area contributed by atoms with E-state index in [-0.39, 0.29) is 11.5 Å². The molecule has 2 aliphatic rings. The molecule has 0 saturated heterocycles. The Morgan fingerprint density at radius 3 is 2.19 bits per heavy atom. The molecular weight excluding hydrogens is 196 g/mol. The summed E-state index contributed by atoms with van der Waals surface area (Å²) in [5, 5.41) is 10.6. The van der Waals surface area contributed by atoms with Crippen molar-refractivity contribution < 1.29 is 5.11 Å². The Kier molecular flexibility index (Phi) is 3.94. The van der Waals surface area contributed by atoms with Crippen LogP contribution in [-0.2, 0) is 0 Å². The zero-order valence-electron chi connectivity index (χ0n) is 11.0. The first-order chi connectivity index (χ1) is 7.65. The van der Waals surface area contributed by atoms with E-state index in [1.807, 2.05) is 0 Å². The topological polar surface area (TPSA) is 20.2 Å². The summed E-state index contributed by atoms with van der Waals surface area (Å²) in [5.41, 5.74) is 0.254. The van der Waals surface area contributed by atoms with Crippen molar-refractivity contribution >= 4 is 0 Å². The Morgan fingerprint density at radius 2 is 1.69 bits per heavy atom. The van der Waals surface area contributed by atoms with Crippen molar-refractivity contribution in [3.05, 3.63) is 0 Å². The maximum Gasteiger partial charge on any atom is 0.0621 e. The molecule has 2 fully saturated rings. The van der Waals surface area contributed by atoms with E-state index >= 15 is 0 Å². The number of rotatable bonds is 3. The fraction of sp³-hybridized carbons (Fsp3) is 1.00. The molecule has 0 heterocycles. The molecule has 0 amide bonds. The van der Waals surface area contributed by atoms with Crippen molar-refractivity contribution in [2.24, 2.45) is 17.3 Å². The summed E-state index contributed by atoms with van der Waals surface area (Å²) in [6.07, 6.45) is 11.7. The van der Waals surface area contributed by atoms with Crippen LogP contribution in [0.3, 0.4) is 0 Å². The van der Waals surface area contributed by atoms with Gasteiger partial charge in [0.05, 0.1) is 6.10 Å². The Hall–Kier alpha value is -0.0400. The highest BCUT2D eigenvalue weighted by atomic mass is 16.3. The van der Waals surface area contributed by atoms with Crippen LogP contribution in [0.4, 0.5) is 0 Å². The van der Waals surface area contributed by atoms with Gasteiger partial charge in [0, 0.05) is 0 Å². The van der Waals surface area contributed by atoms with Crippen molar-refractivity contribution in [1.29, 1.82) is 0 Å². The van der Waals surface area contributed by atoms with Crippen LogP contribution >= 0.6 is 0 Å². The maximum atomic E-state index is 10.6. The number of hydrogen-bond acceptors (Lipinski definition) is 1. The molecule has 1 nitrogen and oxygen atoms in total. The van der Waals surface area contributed by atoms with E-state index in [0.717, 1.165) is 5.92 Å². The van der Waals surface area contributed by atoms with Gasteiger partial charge in [-0.2, -0.15) is 0 Å². The number of aliphatic hydroxyl groups is 1. The minimum atomic E-state index is -0.0205. The summed E-state index contributed by atoms with van der Waals surface area (Å²) >= 11 is 0. The lowest BCUT2D eigenvalue weighted by Crippen LogP contribution is -2.38. The predicted molar refractivity (Wildman–Crippen MR) is 68.3 cm³/mol. The Morgan fingerprint density at radius 1 is 1.12 bits per heavy atom. The van der Waals surface area contributed by atoms with E-state index < -0.39 is 0 Å². The second-order valence-corrected chi connectivity index (χ2v) is 6.50. The third kappa shape index (κ3) is 2.45. The first kappa shape index (κ1) is 12.4. The number of hydrogen-bond donors (Lipinski definition) is 1. The number of aliphatic hydroxyl groups excluding tert-OH is 1. The monoisotopic (exact) mass is 224 g/mol. The van der Waals surface area contributed by atoms with Crippen LogP contribution < -0.4 is 0 Å². The molecule has 0 bridgehead atoms. The van der Waals surface area contributed by atoms with Gasteiger partial charge in [-0.05, 0) is 42.9 Å². The molecule has 0 aromatic carbocycles. The Bertz CT molecular complexity index is 209. The highest BCUT2D eigenvalue weighted by Crippen LogP contribution is 2.46. The summed E-state index contributed by atoms with van der Waals surface area (Å²) in [4.78, 5) is 0. The molecule has 1 unspecified atom stereocenters. The maximum absolute atomic E-state index is 10.6. The van der Waals surface area contributed by atoms with Crippen LogP contribution in [0.5, 0.6) is 0 Å². The standard InChI is InChI=1S/C15H28O/c1-3-12-6-8-13(9-7-12)14(16)15(2)10-4-5-11-15/h12-14,16H,3-11H2,1-2H3. The van der Waals surface area contributed by atoms with Crippen LogP contribution in [0.15, 0.2) is 0 Å². The molecule has 0 aromatic rings. The molecule has 2 saturated carbocycles. The van der Waals surface area contributed by atoms with E-state index in [0.29, 0.717) is 5.92 Å². The van der Waals surface area contributed by atoms with Gasteiger partial charge in [0.1, 0.15) is 0 Å². The highest BCUT2D eigenvalue weighted by Gasteiger charge is 2.40. The van der Waals surface area contributed by atoms with Gasteiger partial charge in [0.2, 0.25) is 0 Å². The highest BCUT2D eigenvalue weighted by molar-refractivity contribution is 4.91. The molecule has 0 aromatic heterocycles. The van der Waals surface area contributed by atoms with Crippen LogP contribution in [0, 0.1) is 17.3 Å². The van der Waals surface area contributed by atoms with Crippen molar-refractivity contribution in [1.82, 2.24) is 0 Å². The molecule has 0 spiro atoms. The molecule has 2 rings (SSSR count). The van der Waals surface area contributed by atoms with Crippen LogP contribution in [-0.4, -0.2) is 11.2 Å². The molecule has 1 N–H and O–H groups in total. The summed E-state index contributed by atoms with van der Waals surface area (Å²) in [5.74, 6) is 1.55. The first-order valence-corrected chi connectivity index (χ1v) is 7.34. The molecular formula is C15H28O. The summed E-state index contributed by atoms with van der Waals surface area (Å²) in [6.45, 7) is 4.62. The zero-order chi connectivity index (χ0) is 11.6. The van der Waals surface area contributed by atoms with E-state index in [4.69, 9.17) is 0 Å². The molecule has 16 heavy (non-hydrogen) atoms. The van der Waals surface area contributed by atoms with Gasteiger partial charge in [-0.15, -0.1) is 0 Å². The summed E-state index contributed by atoms with van der Waals surface area (Å²) < 4.78 is 0. The van der Waals surface area contributed by atoms with Gasteiger partial charge in [-0.25, -0.2) is 0 Å². The lowest BCUT2D eigenvalue weighted by Gasteiger charge is -2.39. The second kappa shape index (κ2) is 5.08. The first-order valence-electron chi connectivity index (χ1n) is 7.34. The molecule has 0 radical (unpaired) electrons. The van der Waals surface area contributed by atoms with Gasteiger partial charge in [0.25, 0.3) is 0 Å². The lowest BCUT2D eigenvalue weighted by molar-refractivity contribution is -0.0230. The quantitative estimate of drug-likeness (QED) is 0.763. The van der Waals surface area contributed by atoms with Crippen molar-refractivity contribution in [3.63, 3.8) is 0 Å². The SMILES string of the molecule is CCC1CCC(C(O)C2(C)CCCC2)CC1. The van der Waals surface area contributed by atoms with Crippen LogP contribution in [0.25, 0.3) is 0 Å². The van der Waals surface area contributed by atoms with E-state index in [1.54, 1.807) is 0 Å². The largest absolute Gasteiger partial charge is 0.392 e. The lowest BCUT2D eigenvalue weighted by atomic mass is 9.70. The van der Waals surface area contributed by atoms with E-state index in [9.17, 15) is 5.11 Å². The fourth-order valence-corrected chi connectivity index (χ4v) is 3.96. The minimum absolute atomic E-state index is 0.0205. The predicted octanol–water partition coefficient (Wildman–Crippen LogP) is 4.14. The Labute approximate surface area is 101 Å². The normalized spacial score (nSPS) is 36.2. The van der Waals surface area contributed by atoms with Crippen molar-refractivity contribution in [2.45, 2.75) is 77.7 Å². The molecule has 2 aliphatic carbocycles. The fourth-order valence-electron chi connectivity index (χ4n) is 3.96. The minimum Gasteiger partial charge on any atom is -0.392 e. The van der Waals surface area contributed by atoms with Gasteiger partial charge in [-0.1, -0.05) is 46.0 Å². The van der Waals surface area contributed by atoms with Gasteiger partial charge in [0.15, 0.2) is 0 Å². The van der Waals surface area contributed by atoms with E-state index in [1.165, 1.54) is 57.8 Å². The van der Waals surface area contributed by atoms with Crippen molar-refractivity contribution in [3.8, 4) is 0 Å². The zero-order valence-corrected chi connectivity index (χ0v) is 11.0. The Balaban J connectivity index is 1.88. The third-order valence-electron chi connectivity index (χ3n) is 5.38. The van der Waals surface area contributed by atoms with Crippen molar-refractivity contribution in [2.75, 3.05) is 0 Å². The average Bonchev–Trinajstić information content (AvgIpc) is 2.77. The third-order valence-corrected chi connectivity index (χ3v) is 5.38. The van der Waals surface area contributed by atoms with Crippen LogP contribution in [0.2, 0.25) is 0 Å². The summed E-state index contributed by atoms with van der Waals surface area (Å²) in [6, 6.07) is 0. The molecule has 0 aliphatic heterocycles. The van der Waals surface area contributed by atoms with Crippen LogP contribution in [0.1, 0.15) is 71.6 Å². The molecule has 1 heteroatoms. The van der Waals surface area contributed by atoms with Gasteiger partial charge >= 0.3 is 0 Å². The average molecular weight is 224 g/mol. The van der Waals surface area contributed by atoms with E-state index in [2.05, 4.69) is 13.8 Å². The van der Waals surface area contributed by atoms with Gasteiger partial charge < -0.3 is 5.11 Å². The molecule has 1 atom stereocenters. The molecule has 94 valence electrons. The smallest absolute Gasteiger partial charge is 0.0621 e. The summed E-state index contributed by atoms with van der Waals surface area (Å²) in [7, 11) is 0.